The minimum atomic E-state index is -0.474. The molecule has 1 atom stereocenters. The standard InChI is InChI=1S/C14H21BrN4O2/c1-14(2,3)21-13(20)18(4)11-5-6-19(9-11)12-16-7-10(15)8-17-12/h7-8,11H,5-6,9H2,1-4H3. The Hall–Kier alpha value is -1.37. The Morgan fingerprint density at radius 1 is 1.43 bits per heavy atom. The monoisotopic (exact) mass is 356 g/mol. The largest absolute Gasteiger partial charge is 0.444 e. The summed E-state index contributed by atoms with van der Waals surface area (Å²) in [5.74, 6) is 0.693. The van der Waals surface area contributed by atoms with Crippen LogP contribution >= 0.6 is 15.9 Å². The molecule has 21 heavy (non-hydrogen) atoms. The summed E-state index contributed by atoms with van der Waals surface area (Å²) < 4.78 is 6.25. The van der Waals surface area contributed by atoms with E-state index in [1.807, 2.05) is 20.8 Å². The molecule has 1 unspecified atom stereocenters. The van der Waals surface area contributed by atoms with Crippen molar-refractivity contribution in [3.05, 3.63) is 16.9 Å². The molecule has 1 amide bonds. The number of carbonyl (C=O) groups is 1. The molecule has 0 aliphatic carbocycles. The summed E-state index contributed by atoms with van der Waals surface area (Å²) in [6.07, 6.45) is 4.06. The molecule has 0 radical (unpaired) electrons. The van der Waals surface area contributed by atoms with E-state index in [0.29, 0.717) is 5.95 Å². The van der Waals surface area contributed by atoms with Crippen molar-refractivity contribution in [2.24, 2.45) is 0 Å². The van der Waals surface area contributed by atoms with Crippen LogP contribution in [0.15, 0.2) is 16.9 Å². The van der Waals surface area contributed by atoms with Crippen molar-refractivity contribution >= 4 is 28.0 Å². The maximum atomic E-state index is 12.1. The molecule has 0 aromatic carbocycles. The lowest BCUT2D eigenvalue weighted by atomic mass is 10.2. The lowest BCUT2D eigenvalue weighted by molar-refractivity contribution is 0.0238. The van der Waals surface area contributed by atoms with Crippen LogP contribution in [0.3, 0.4) is 0 Å². The Balaban J connectivity index is 1.95. The van der Waals surface area contributed by atoms with Crippen LogP contribution in [-0.4, -0.2) is 52.7 Å². The molecule has 0 bridgehead atoms. The first-order chi connectivity index (χ1) is 9.76. The van der Waals surface area contributed by atoms with Crippen LogP contribution in [0.1, 0.15) is 27.2 Å². The minimum Gasteiger partial charge on any atom is -0.444 e. The van der Waals surface area contributed by atoms with Crippen molar-refractivity contribution in [2.75, 3.05) is 25.0 Å². The first kappa shape index (κ1) is 16.0. The first-order valence-electron chi connectivity index (χ1n) is 6.94. The minimum absolute atomic E-state index is 0.118. The quantitative estimate of drug-likeness (QED) is 0.815. The molecule has 2 heterocycles. The summed E-state index contributed by atoms with van der Waals surface area (Å²) in [5, 5.41) is 0. The van der Waals surface area contributed by atoms with Gasteiger partial charge < -0.3 is 14.5 Å². The van der Waals surface area contributed by atoms with E-state index in [1.54, 1.807) is 24.3 Å². The van der Waals surface area contributed by atoms with Crippen LogP contribution in [0.2, 0.25) is 0 Å². The molecule has 6 nitrogen and oxygen atoms in total. The molecule has 1 aliphatic rings. The number of ether oxygens (including phenoxy) is 1. The Kier molecular flexibility index (Phi) is 4.70. The van der Waals surface area contributed by atoms with Gasteiger partial charge in [0, 0.05) is 32.5 Å². The van der Waals surface area contributed by atoms with Crippen LogP contribution in [0.5, 0.6) is 0 Å². The molecule has 1 aromatic heterocycles. The van der Waals surface area contributed by atoms with Crippen molar-refractivity contribution in [3.8, 4) is 0 Å². The number of hydrogen-bond acceptors (Lipinski definition) is 5. The zero-order valence-corrected chi connectivity index (χ0v) is 14.4. The van der Waals surface area contributed by atoms with E-state index in [2.05, 4.69) is 30.8 Å². The van der Waals surface area contributed by atoms with Gasteiger partial charge in [0.1, 0.15) is 5.60 Å². The second-order valence-electron chi connectivity index (χ2n) is 6.18. The summed E-state index contributed by atoms with van der Waals surface area (Å²) in [5.41, 5.74) is -0.474. The number of carbonyl (C=O) groups excluding carboxylic acids is 1. The van der Waals surface area contributed by atoms with Crippen LogP contribution < -0.4 is 4.90 Å². The molecule has 1 fully saturated rings. The van der Waals surface area contributed by atoms with Gasteiger partial charge in [-0.25, -0.2) is 14.8 Å². The van der Waals surface area contributed by atoms with Gasteiger partial charge in [-0.05, 0) is 43.1 Å². The number of rotatable bonds is 2. The summed E-state index contributed by atoms with van der Waals surface area (Å²) >= 11 is 3.32. The van der Waals surface area contributed by atoms with Crippen molar-refractivity contribution < 1.29 is 9.53 Å². The highest BCUT2D eigenvalue weighted by Gasteiger charge is 2.31. The fourth-order valence-electron chi connectivity index (χ4n) is 2.19. The first-order valence-corrected chi connectivity index (χ1v) is 7.74. The van der Waals surface area contributed by atoms with E-state index in [0.717, 1.165) is 24.0 Å². The van der Waals surface area contributed by atoms with Crippen LogP contribution in [0.4, 0.5) is 10.7 Å². The number of hydrogen-bond donors (Lipinski definition) is 0. The van der Waals surface area contributed by atoms with Crippen molar-refractivity contribution in [1.82, 2.24) is 14.9 Å². The number of aromatic nitrogens is 2. The van der Waals surface area contributed by atoms with Gasteiger partial charge in [-0.15, -0.1) is 0 Å². The van der Waals surface area contributed by atoms with Crippen molar-refractivity contribution in [3.63, 3.8) is 0 Å². The number of anilines is 1. The zero-order chi connectivity index (χ0) is 15.6. The van der Waals surface area contributed by atoms with Crippen molar-refractivity contribution in [1.29, 1.82) is 0 Å². The predicted octanol–water partition coefficient (Wildman–Crippen LogP) is 2.68. The van der Waals surface area contributed by atoms with E-state index in [1.165, 1.54) is 0 Å². The number of amides is 1. The van der Waals surface area contributed by atoms with Gasteiger partial charge in [0.05, 0.1) is 10.5 Å². The fraction of sp³-hybridized carbons (Fsp3) is 0.643. The van der Waals surface area contributed by atoms with E-state index < -0.39 is 5.60 Å². The highest BCUT2D eigenvalue weighted by atomic mass is 79.9. The molecule has 7 heteroatoms. The number of likely N-dealkylation sites (N-methyl/N-ethyl adjacent to an activating group) is 1. The Morgan fingerprint density at radius 2 is 2.05 bits per heavy atom. The van der Waals surface area contributed by atoms with Gasteiger partial charge in [-0.1, -0.05) is 0 Å². The molecular weight excluding hydrogens is 336 g/mol. The van der Waals surface area contributed by atoms with Gasteiger partial charge in [-0.3, -0.25) is 0 Å². The second-order valence-corrected chi connectivity index (χ2v) is 7.10. The number of nitrogens with zero attached hydrogens (tertiary/aromatic N) is 4. The van der Waals surface area contributed by atoms with Crippen LogP contribution in [0, 0.1) is 0 Å². The highest BCUT2D eigenvalue weighted by Crippen LogP contribution is 2.21. The molecule has 116 valence electrons. The van der Waals surface area contributed by atoms with Gasteiger partial charge in [-0.2, -0.15) is 0 Å². The third-order valence-corrected chi connectivity index (χ3v) is 3.69. The van der Waals surface area contributed by atoms with E-state index in [4.69, 9.17) is 4.74 Å². The Labute approximate surface area is 133 Å². The van der Waals surface area contributed by atoms with Gasteiger partial charge in [0.25, 0.3) is 0 Å². The molecule has 2 rings (SSSR count). The summed E-state index contributed by atoms with van der Waals surface area (Å²) in [4.78, 5) is 24.4. The van der Waals surface area contributed by atoms with E-state index in [9.17, 15) is 4.79 Å². The van der Waals surface area contributed by atoms with Crippen LogP contribution in [-0.2, 0) is 4.74 Å². The lowest BCUT2D eigenvalue weighted by Crippen LogP contribution is -2.42. The fourth-order valence-corrected chi connectivity index (χ4v) is 2.40. The predicted molar refractivity (Wildman–Crippen MR) is 84.3 cm³/mol. The third-order valence-electron chi connectivity index (χ3n) is 3.28. The Morgan fingerprint density at radius 3 is 2.62 bits per heavy atom. The molecule has 0 N–H and O–H groups in total. The summed E-state index contributed by atoms with van der Waals surface area (Å²) in [7, 11) is 1.78. The molecule has 0 saturated carbocycles. The highest BCUT2D eigenvalue weighted by molar-refractivity contribution is 9.10. The second kappa shape index (κ2) is 6.17. The van der Waals surface area contributed by atoms with Crippen LogP contribution in [0.25, 0.3) is 0 Å². The van der Waals surface area contributed by atoms with Gasteiger partial charge in [0.15, 0.2) is 0 Å². The summed E-state index contributed by atoms with van der Waals surface area (Å²) in [6.45, 7) is 7.16. The molecule has 0 spiro atoms. The van der Waals surface area contributed by atoms with E-state index in [-0.39, 0.29) is 12.1 Å². The smallest absolute Gasteiger partial charge is 0.410 e. The summed E-state index contributed by atoms with van der Waals surface area (Å²) in [6, 6.07) is 0.118. The Bertz CT molecular complexity index is 501. The number of halogens is 1. The molecular formula is C14H21BrN4O2. The van der Waals surface area contributed by atoms with Gasteiger partial charge in [0.2, 0.25) is 5.95 Å². The van der Waals surface area contributed by atoms with E-state index >= 15 is 0 Å². The molecule has 1 aliphatic heterocycles. The average molecular weight is 357 g/mol. The van der Waals surface area contributed by atoms with Gasteiger partial charge >= 0.3 is 6.09 Å². The maximum Gasteiger partial charge on any atom is 0.410 e. The molecule has 1 saturated heterocycles. The topological polar surface area (TPSA) is 58.6 Å². The normalized spacial score (nSPS) is 18.7. The lowest BCUT2D eigenvalue weighted by Gasteiger charge is -2.28. The molecule has 1 aromatic rings. The average Bonchev–Trinajstić information content (AvgIpc) is 2.86. The van der Waals surface area contributed by atoms with Crippen molar-refractivity contribution in [2.45, 2.75) is 38.8 Å². The third kappa shape index (κ3) is 4.30. The zero-order valence-electron chi connectivity index (χ0n) is 12.8. The SMILES string of the molecule is CN(C(=O)OC(C)(C)C)C1CCN(c2ncc(Br)cn2)C1. The maximum absolute atomic E-state index is 12.1.